The van der Waals surface area contributed by atoms with E-state index in [1.807, 2.05) is 77.4 Å². The zero-order valence-corrected chi connectivity index (χ0v) is 35.6. The minimum Gasteiger partial charge on any atom is -0.391 e. The van der Waals surface area contributed by atoms with Gasteiger partial charge in [-0.05, 0) is 68.2 Å². The van der Waals surface area contributed by atoms with E-state index in [1.54, 1.807) is 17.4 Å². The molecule has 0 unspecified atom stereocenters. The van der Waals surface area contributed by atoms with Gasteiger partial charge in [-0.2, -0.15) is 8.42 Å². The standard InChI is InChI=1S/C43H62N4O7S2/c1-29-19-24-37(56(52,53)54)34(25-29)17-15-13-11-9-7-8-10-12-14-16-18-38(49)46-40(43(4,5)6)42(51)47-27-35(48)26-36(47)41(50)45-30(2)32-20-22-33(23-21-32)39-31(3)44-28-55-39/h19-25,28,30,35-36,40,48H,7-18,26-27H2,1-6H3,(H,45,50)(H,46,49)(H,52,53,54)/t30-,35+,36-,40+/m0/s1. The predicted octanol–water partition coefficient (Wildman–Crippen LogP) is 7.88. The Bertz CT molecular complexity index is 1870. The van der Waals surface area contributed by atoms with Gasteiger partial charge in [0, 0.05) is 19.4 Å². The van der Waals surface area contributed by atoms with E-state index in [0.29, 0.717) is 18.4 Å². The third kappa shape index (κ3) is 13.2. The number of hydrogen-bond donors (Lipinski definition) is 4. The van der Waals surface area contributed by atoms with Gasteiger partial charge < -0.3 is 20.6 Å². The number of benzene rings is 2. The highest BCUT2D eigenvalue weighted by Crippen LogP contribution is 2.30. The summed E-state index contributed by atoms with van der Waals surface area (Å²) in [7, 11) is -4.22. The van der Waals surface area contributed by atoms with Gasteiger partial charge in [0.1, 0.15) is 12.1 Å². The largest absolute Gasteiger partial charge is 0.391 e. The molecule has 0 bridgehead atoms. The molecule has 4 rings (SSSR count). The average Bonchev–Trinajstić information content (AvgIpc) is 3.75. The van der Waals surface area contributed by atoms with Crippen molar-refractivity contribution >= 4 is 39.2 Å². The van der Waals surface area contributed by atoms with Crippen molar-refractivity contribution < 1.29 is 32.5 Å². The average molecular weight is 811 g/mol. The first-order valence-electron chi connectivity index (χ1n) is 20.1. The number of nitrogens with one attached hydrogen (secondary N) is 2. The minimum atomic E-state index is -4.22. The van der Waals surface area contributed by atoms with E-state index < -0.39 is 33.7 Å². The molecular weight excluding hydrogens is 749 g/mol. The molecule has 1 aromatic heterocycles. The fraction of sp³-hybridized carbons (Fsp3) is 0.581. The number of aliphatic hydroxyl groups excluding tert-OH is 1. The van der Waals surface area contributed by atoms with Crippen molar-refractivity contribution in [2.75, 3.05) is 6.54 Å². The van der Waals surface area contributed by atoms with Crippen LogP contribution in [0.15, 0.2) is 52.9 Å². The molecule has 56 heavy (non-hydrogen) atoms. The molecule has 3 amide bonds. The van der Waals surface area contributed by atoms with E-state index in [9.17, 15) is 32.5 Å². The zero-order chi connectivity index (χ0) is 41.0. The highest BCUT2D eigenvalue weighted by Gasteiger charge is 2.44. The van der Waals surface area contributed by atoms with Gasteiger partial charge in [0.15, 0.2) is 0 Å². The van der Waals surface area contributed by atoms with Crippen molar-refractivity contribution in [2.45, 2.75) is 154 Å². The maximum Gasteiger partial charge on any atom is 0.294 e. The van der Waals surface area contributed by atoms with Crippen LogP contribution in [0.4, 0.5) is 0 Å². The van der Waals surface area contributed by atoms with Gasteiger partial charge in [-0.3, -0.25) is 18.9 Å². The topological polar surface area (TPSA) is 166 Å². The lowest BCUT2D eigenvalue weighted by Crippen LogP contribution is -2.57. The molecule has 3 aromatic rings. The van der Waals surface area contributed by atoms with Crippen LogP contribution in [0.5, 0.6) is 0 Å². The molecule has 2 heterocycles. The SMILES string of the molecule is Cc1ccc(S(=O)(=O)O)c(CCCCCCCCCCCCC(=O)N[C@H](C(=O)N2C[C@H](O)C[C@H]2C(=O)N[C@@H](C)c2ccc(-c3scnc3C)cc2)C(C)(C)C)c1. The first-order chi connectivity index (χ1) is 26.5. The molecule has 13 heteroatoms. The minimum absolute atomic E-state index is 0.00724. The van der Waals surface area contributed by atoms with Crippen molar-refractivity contribution in [3.8, 4) is 10.4 Å². The molecule has 0 aliphatic carbocycles. The number of carbonyl (C=O) groups is 3. The molecule has 308 valence electrons. The number of aliphatic hydroxyl groups is 1. The lowest BCUT2D eigenvalue weighted by Gasteiger charge is -2.35. The summed E-state index contributed by atoms with van der Waals surface area (Å²) in [5, 5.41) is 16.6. The number of thiazole rings is 1. The maximum absolute atomic E-state index is 14.0. The van der Waals surface area contributed by atoms with Crippen LogP contribution in [0.25, 0.3) is 10.4 Å². The van der Waals surface area contributed by atoms with Crippen LogP contribution in [0.2, 0.25) is 0 Å². The van der Waals surface area contributed by atoms with Crippen LogP contribution in [-0.2, 0) is 30.9 Å². The van der Waals surface area contributed by atoms with Gasteiger partial charge in [0.05, 0.1) is 33.1 Å². The smallest absolute Gasteiger partial charge is 0.294 e. The van der Waals surface area contributed by atoms with Crippen LogP contribution in [-0.4, -0.2) is 70.4 Å². The second kappa shape index (κ2) is 20.7. The molecule has 11 nitrogen and oxygen atoms in total. The Balaban J connectivity index is 1.15. The van der Waals surface area contributed by atoms with Gasteiger partial charge in [-0.1, -0.05) is 114 Å². The highest BCUT2D eigenvalue weighted by molar-refractivity contribution is 7.85. The van der Waals surface area contributed by atoms with E-state index in [2.05, 4.69) is 15.6 Å². The Morgan fingerprint density at radius 3 is 2.09 bits per heavy atom. The number of unbranched alkanes of at least 4 members (excludes halogenated alkanes) is 9. The molecule has 4 atom stereocenters. The fourth-order valence-electron chi connectivity index (χ4n) is 7.42. The number of nitrogens with zero attached hydrogens (tertiary/aromatic N) is 2. The summed E-state index contributed by atoms with van der Waals surface area (Å²) in [5.41, 5.74) is 5.81. The number of rotatable bonds is 20. The van der Waals surface area contributed by atoms with Crippen LogP contribution in [0.3, 0.4) is 0 Å². The van der Waals surface area contributed by atoms with Crippen molar-refractivity contribution in [2.24, 2.45) is 5.41 Å². The predicted molar refractivity (Wildman–Crippen MR) is 222 cm³/mol. The zero-order valence-electron chi connectivity index (χ0n) is 34.0. The van der Waals surface area contributed by atoms with E-state index in [0.717, 1.165) is 91.5 Å². The maximum atomic E-state index is 14.0. The van der Waals surface area contributed by atoms with Gasteiger partial charge in [0.2, 0.25) is 17.7 Å². The second-order valence-corrected chi connectivity index (χ2v) is 18.7. The number of likely N-dealkylation sites (tertiary alicyclic amines) is 1. The molecule has 4 N–H and O–H groups in total. The van der Waals surface area contributed by atoms with Crippen molar-refractivity contribution in [3.05, 3.63) is 70.4 Å². The van der Waals surface area contributed by atoms with Gasteiger partial charge in [-0.15, -0.1) is 11.3 Å². The Hall–Kier alpha value is -3.65. The summed E-state index contributed by atoms with van der Waals surface area (Å²) < 4.78 is 32.9. The van der Waals surface area contributed by atoms with Gasteiger partial charge in [-0.25, -0.2) is 4.98 Å². The van der Waals surface area contributed by atoms with Crippen LogP contribution in [0, 0.1) is 19.3 Å². The lowest BCUT2D eigenvalue weighted by molar-refractivity contribution is -0.144. The quantitative estimate of drug-likeness (QED) is 0.0661. The number of amides is 3. The van der Waals surface area contributed by atoms with Crippen molar-refractivity contribution in [3.63, 3.8) is 0 Å². The number of hydrogen-bond acceptors (Lipinski definition) is 8. The summed E-state index contributed by atoms with van der Waals surface area (Å²) >= 11 is 1.58. The van der Waals surface area contributed by atoms with Crippen LogP contribution in [0.1, 0.15) is 133 Å². The molecule has 1 fully saturated rings. The Kier molecular flexibility index (Phi) is 16.6. The Morgan fingerprint density at radius 1 is 0.911 bits per heavy atom. The van der Waals surface area contributed by atoms with E-state index in [1.165, 1.54) is 11.0 Å². The third-order valence-corrected chi connectivity index (χ3v) is 12.6. The first kappa shape index (κ1) is 45.1. The van der Waals surface area contributed by atoms with Crippen molar-refractivity contribution in [1.82, 2.24) is 20.5 Å². The number of β-amino-alcohol motifs (C(OH)–C–C–N with tert-alkyl or cyclic N) is 1. The molecule has 2 aromatic carbocycles. The monoisotopic (exact) mass is 810 g/mol. The highest BCUT2D eigenvalue weighted by atomic mass is 32.2. The van der Waals surface area contributed by atoms with E-state index >= 15 is 0 Å². The molecule has 1 saturated heterocycles. The van der Waals surface area contributed by atoms with Gasteiger partial charge >= 0.3 is 0 Å². The summed E-state index contributed by atoms with van der Waals surface area (Å²) in [6.45, 7) is 11.5. The normalized spacial score (nSPS) is 17.1. The third-order valence-electron chi connectivity index (χ3n) is 10.7. The van der Waals surface area contributed by atoms with Crippen molar-refractivity contribution in [1.29, 1.82) is 0 Å². The number of aromatic nitrogens is 1. The lowest BCUT2D eigenvalue weighted by atomic mass is 9.85. The number of carbonyl (C=O) groups excluding carboxylic acids is 3. The van der Waals surface area contributed by atoms with Gasteiger partial charge in [0.25, 0.3) is 10.1 Å². The summed E-state index contributed by atoms with van der Waals surface area (Å²) in [5.74, 6) is -0.893. The van der Waals surface area contributed by atoms with Crippen LogP contribution < -0.4 is 10.6 Å². The first-order valence-corrected chi connectivity index (χ1v) is 22.4. The molecule has 0 radical (unpaired) electrons. The molecule has 0 saturated carbocycles. The van der Waals surface area contributed by atoms with E-state index in [4.69, 9.17) is 0 Å². The number of aryl methyl sites for hydroxylation is 3. The van der Waals surface area contributed by atoms with Crippen LogP contribution >= 0.6 is 11.3 Å². The molecular formula is C43H62N4O7S2. The molecule has 1 aliphatic heterocycles. The van der Waals surface area contributed by atoms with E-state index in [-0.39, 0.29) is 41.6 Å². The second-order valence-electron chi connectivity index (χ2n) is 16.5. The fourth-order valence-corrected chi connectivity index (χ4v) is 8.96. The summed E-state index contributed by atoms with van der Waals surface area (Å²) in [6.07, 6.45) is 10.3. The molecule has 1 aliphatic rings. The Morgan fingerprint density at radius 2 is 1.52 bits per heavy atom. The Labute approximate surface area is 337 Å². The molecule has 0 spiro atoms. The summed E-state index contributed by atoms with van der Waals surface area (Å²) in [4.78, 5) is 47.5. The summed E-state index contributed by atoms with van der Waals surface area (Å²) in [6, 6.07) is 11.0.